The van der Waals surface area contributed by atoms with Gasteiger partial charge in [-0.25, -0.2) is 8.78 Å². The van der Waals surface area contributed by atoms with Crippen LogP contribution in [0, 0.1) is 11.6 Å². The van der Waals surface area contributed by atoms with Gasteiger partial charge >= 0.3 is 0 Å². The van der Waals surface area contributed by atoms with E-state index < -0.39 is 17.4 Å². The second-order valence-corrected chi connectivity index (χ2v) is 5.49. The topological polar surface area (TPSA) is 49.4 Å². The van der Waals surface area contributed by atoms with E-state index in [4.69, 9.17) is 0 Å². The zero-order valence-corrected chi connectivity index (χ0v) is 12.6. The Hall–Kier alpha value is -1.82. The van der Waals surface area contributed by atoms with E-state index in [1.54, 1.807) is 4.90 Å². The lowest BCUT2D eigenvalue weighted by Crippen LogP contribution is -2.44. The number of benzene rings is 1. The minimum absolute atomic E-state index is 0.0554. The van der Waals surface area contributed by atoms with Crippen LogP contribution in [-0.4, -0.2) is 42.8 Å². The molecule has 0 unspecified atom stereocenters. The summed E-state index contributed by atoms with van der Waals surface area (Å²) >= 11 is 0. The van der Waals surface area contributed by atoms with E-state index in [1.807, 2.05) is 7.05 Å². The first kappa shape index (κ1) is 16.5. The predicted octanol–water partition coefficient (Wildman–Crippen LogP) is 2.14. The number of hydrogen-bond donors (Lipinski definition) is 1. The second kappa shape index (κ2) is 7.45. The Balaban J connectivity index is 1.84. The van der Waals surface area contributed by atoms with Crippen LogP contribution in [0.2, 0.25) is 0 Å². The molecule has 1 saturated heterocycles. The molecule has 0 radical (unpaired) electrons. The molecule has 1 aliphatic rings. The van der Waals surface area contributed by atoms with Gasteiger partial charge in [-0.1, -0.05) is 0 Å². The molecular formula is C16H20F2N2O2. The molecule has 0 aliphatic carbocycles. The van der Waals surface area contributed by atoms with Crippen molar-refractivity contribution in [3.8, 4) is 0 Å². The minimum atomic E-state index is -0.882. The maximum Gasteiger partial charge on any atom is 0.223 e. The number of nitrogens with zero attached hydrogens (tertiary/aromatic N) is 1. The zero-order valence-electron chi connectivity index (χ0n) is 12.6. The summed E-state index contributed by atoms with van der Waals surface area (Å²) in [5.74, 6) is -2.17. The number of Topliss-reactive ketones (excluding diaryl/α,β-unsaturated/α-hetero) is 1. The first-order valence-corrected chi connectivity index (χ1v) is 7.44. The number of carbonyl (C=O) groups excluding carboxylic acids is 2. The highest BCUT2D eigenvalue weighted by molar-refractivity contribution is 5.98. The van der Waals surface area contributed by atoms with Gasteiger partial charge in [0.1, 0.15) is 11.6 Å². The Morgan fingerprint density at radius 2 is 1.91 bits per heavy atom. The Labute approximate surface area is 128 Å². The van der Waals surface area contributed by atoms with Gasteiger partial charge in [-0.2, -0.15) is 0 Å². The molecule has 1 N–H and O–H groups in total. The van der Waals surface area contributed by atoms with Crippen molar-refractivity contribution in [2.24, 2.45) is 0 Å². The fourth-order valence-corrected chi connectivity index (χ4v) is 2.65. The third-order valence-electron chi connectivity index (χ3n) is 4.05. The van der Waals surface area contributed by atoms with Crippen molar-refractivity contribution in [2.45, 2.75) is 31.7 Å². The van der Waals surface area contributed by atoms with Crippen molar-refractivity contribution in [3.05, 3.63) is 35.4 Å². The van der Waals surface area contributed by atoms with Gasteiger partial charge in [0.05, 0.1) is 5.56 Å². The lowest BCUT2D eigenvalue weighted by molar-refractivity contribution is -0.132. The Bertz CT molecular complexity index is 555. The van der Waals surface area contributed by atoms with Crippen molar-refractivity contribution in [1.29, 1.82) is 0 Å². The Morgan fingerprint density at radius 3 is 2.50 bits per heavy atom. The van der Waals surface area contributed by atoms with E-state index in [-0.39, 0.29) is 24.3 Å². The standard InChI is InChI=1S/C16H20F2N2O2/c1-19-12-6-8-20(9-7-12)16(22)5-4-15(21)13-3-2-11(17)10-14(13)18/h2-3,10,12,19H,4-9H2,1H3. The van der Waals surface area contributed by atoms with Crippen molar-refractivity contribution >= 4 is 11.7 Å². The predicted molar refractivity (Wildman–Crippen MR) is 78.6 cm³/mol. The highest BCUT2D eigenvalue weighted by Crippen LogP contribution is 2.15. The van der Waals surface area contributed by atoms with Crippen LogP contribution < -0.4 is 5.32 Å². The molecule has 1 aromatic rings. The molecule has 0 atom stereocenters. The molecule has 1 amide bonds. The van der Waals surface area contributed by atoms with Crippen LogP contribution in [0.1, 0.15) is 36.0 Å². The number of nitrogens with one attached hydrogen (secondary N) is 1. The molecule has 1 heterocycles. The number of ketones is 1. The van der Waals surface area contributed by atoms with Gasteiger partial charge in [-0.3, -0.25) is 9.59 Å². The summed E-state index contributed by atoms with van der Waals surface area (Å²) in [4.78, 5) is 25.7. The summed E-state index contributed by atoms with van der Waals surface area (Å²) in [7, 11) is 1.90. The molecule has 4 nitrogen and oxygen atoms in total. The fourth-order valence-electron chi connectivity index (χ4n) is 2.65. The van der Waals surface area contributed by atoms with Gasteiger partial charge in [-0.05, 0) is 32.0 Å². The third-order valence-corrected chi connectivity index (χ3v) is 4.05. The molecule has 1 fully saturated rings. The summed E-state index contributed by atoms with van der Waals surface area (Å²) in [6.07, 6.45) is 1.78. The number of amides is 1. The third kappa shape index (κ3) is 4.10. The van der Waals surface area contributed by atoms with Crippen LogP contribution in [0.3, 0.4) is 0 Å². The molecular weight excluding hydrogens is 290 g/mol. The van der Waals surface area contributed by atoms with E-state index in [1.165, 1.54) is 0 Å². The Kier molecular flexibility index (Phi) is 5.60. The summed E-state index contributed by atoms with van der Waals surface area (Å²) in [6.45, 7) is 1.34. The molecule has 1 aliphatic heterocycles. The van der Waals surface area contributed by atoms with Gasteiger partial charge in [0.25, 0.3) is 0 Å². The molecule has 2 rings (SSSR count). The highest BCUT2D eigenvalue weighted by atomic mass is 19.1. The number of carbonyl (C=O) groups is 2. The number of halogens is 2. The van der Waals surface area contributed by atoms with E-state index in [2.05, 4.69) is 5.32 Å². The average molecular weight is 310 g/mol. The number of piperidine rings is 1. The molecule has 0 bridgehead atoms. The summed E-state index contributed by atoms with van der Waals surface area (Å²) in [5.41, 5.74) is -0.164. The summed E-state index contributed by atoms with van der Waals surface area (Å²) in [5, 5.41) is 3.18. The SMILES string of the molecule is CNC1CCN(C(=O)CCC(=O)c2ccc(F)cc2F)CC1. The van der Waals surface area contributed by atoms with Crippen molar-refractivity contribution in [1.82, 2.24) is 10.2 Å². The maximum atomic E-state index is 13.5. The largest absolute Gasteiger partial charge is 0.343 e. The fraction of sp³-hybridized carbons (Fsp3) is 0.500. The summed E-state index contributed by atoms with van der Waals surface area (Å²) in [6, 6.07) is 3.27. The average Bonchev–Trinajstić information content (AvgIpc) is 2.52. The molecule has 0 aromatic heterocycles. The van der Waals surface area contributed by atoms with Crippen molar-refractivity contribution in [2.75, 3.05) is 20.1 Å². The lowest BCUT2D eigenvalue weighted by atomic mass is 10.0. The molecule has 6 heteroatoms. The van der Waals surface area contributed by atoms with Gasteiger partial charge in [0.15, 0.2) is 5.78 Å². The number of rotatable bonds is 5. The van der Waals surface area contributed by atoms with Gasteiger partial charge in [0.2, 0.25) is 5.91 Å². The van der Waals surface area contributed by atoms with Crippen molar-refractivity contribution in [3.63, 3.8) is 0 Å². The second-order valence-electron chi connectivity index (χ2n) is 5.49. The minimum Gasteiger partial charge on any atom is -0.343 e. The number of likely N-dealkylation sites (tertiary alicyclic amines) is 1. The van der Waals surface area contributed by atoms with Crippen LogP contribution in [0.4, 0.5) is 8.78 Å². The first-order chi connectivity index (χ1) is 10.5. The Morgan fingerprint density at radius 1 is 1.23 bits per heavy atom. The first-order valence-electron chi connectivity index (χ1n) is 7.44. The van der Waals surface area contributed by atoms with Gasteiger partial charge in [-0.15, -0.1) is 0 Å². The highest BCUT2D eigenvalue weighted by Gasteiger charge is 2.22. The zero-order chi connectivity index (χ0) is 16.1. The monoisotopic (exact) mass is 310 g/mol. The molecule has 0 spiro atoms. The molecule has 1 aromatic carbocycles. The van der Waals surface area contributed by atoms with Gasteiger partial charge < -0.3 is 10.2 Å². The molecule has 0 saturated carbocycles. The van der Waals surface area contributed by atoms with Crippen LogP contribution in [0.15, 0.2) is 18.2 Å². The quantitative estimate of drug-likeness (QED) is 0.848. The number of hydrogen-bond acceptors (Lipinski definition) is 3. The lowest BCUT2D eigenvalue weighted by Gasteiger charge is -2.31. The normalized spacial score (nSPS) is 15.9. The summed E-state index contributed by atoms with van der Waals surface area (Å²) < 4.78 is 26.3. The maximum absolute atomic E-state index is 13.5. The van der Waals surface area contributed by atoms with Gasteiger partial charge in [0, 0.05) is 38.0 Å². The van der Waals surface area contributed by atoms with E-state index in [0.29, 0.717) is 25.2 Å². The van der Waals surface area contributed by atoms with E-state index >= 15 is 0 Å². The van der Waals surface area contributed by atoms with Crippen LogP contribution in [0.5, 0.6) is 0 Å². The van der Waals surface area contributed by atoms with Crippen LogP contribution >= 0.6 is 0 Å². The smallest absolute Gasteiger partial charge is 0.223 e. The van der Waals surface area contributed by atoms with E-state index in [9.17, 15) is 18.4 Å². The molecule has 22 heavy (non-hydrogen) atoms. The van der Waals surface area contributed by atoms with Crippen molar-refractivity contribution < 1.29 is 18.4 Å². The van der Waals surface area contributed by atoms with Crippen LogP contribution in [0.25, 0.3) is 0 Å². The molecule has 120 valence electrons. The van der Waals surface area contributed by atoms with E-state index in [0.717, 1.165) is 25.0 Å². The van der Waals surface area contributed by atoms with Crippen LogP contribution in [-0.2, 0) is 4.79 Å².